The first kappa shape index (κ1) is 30.8. The molecule has 53 heavy (non-hydrogen) atoms. The molecule has 0 aromatic heterocycles. The SMILES string of the molecule is c1ccc(N(c2ccccc2)c2ccc(N3c4ccc(N(c5ccccc5)c5ccccc5)cc4B4Oc5ccccc5-c5cccc3c54)cc2)cc1. The summed E-state index contributed by atoms with van der Waals surface area (Å²) in [5.74, 6) is 0.904. The van der Waals surface area contributed by atoms with E-state index >= 15 is 0 Å². The molecule has 0 saturated heterocycles. The molecule has 0 aliphatic carbocycles. The van der Waals surface area contributed by atoms with Crippen LogP contribution in [0, 0.1) is 0 Å². The summed E-state index contributed by atoms with van der Waals surface area (Å²) in [6.45, 7) is -0.276. The molecule has 2 aliphatic heterocycles. The molecule has 2 heterocycles. The fourth-order valence-electron chi connectivity index (χ4n) is 7.91. The topological polar surface area (TPSA) is 19.0 Å². The van der Waals surface area contributed by atoms with Gasteiger partial charge in [-0.15, -0.1) is 0 Å². The summed E-state index contributed by atoms with van der Waals surface area (Å²) in [5.41, 5.74) is 14.5. The third-order valence-electron chi connectivity index (χ3n) is 10.2. The first-order chi connectivity index (χ1) is 26.3. The van der Waals surface area contributed by atoms with Gasteiger partial charge in [0, 0.05) is 62.2 Å². The Morgan fingerprint density at radius 2 is 0.849 bits per heavy atom. The van der Waals surface area contributed by atoms with E-state index in [0.29, 0.717) is 0 Å². The molecule has 10 rings (SSSR count). The van der Waals surface area contributed by atoms with Gasteiger partial charge >= 0.3 is 6.92 Å². The highest BCUT2D eigenvalue weighted by molar-refractivity contribution is 6.85. The molecule has 0 amide bonds. The number of nitrogens with zero attached hydrogens (tertiary/aromatic N) is 3. The molecule has 0 fully saturated rings. The molecular weight excluding hydrogens is 645 g/mol. The van der Waals surface area contributed by atoms with E-state index in [1.807, 2.05) is 0 Å². The molecule has 0 spiro atoms. The maximum absolute atomic E-state index is 6.99. The Bertz CT molecular complexity index is 2470. The smallest absolute Gasteiger partial charge is 0.431 e. The molecule has 8 aromatic rings. The van der Waals surface area contributed by atoms with Crippen molar-refractivity contribution in [3.63, 3.8) is 0 Å². The number of anilines is 9. The largest absolute Gasteiger partial charge is 0.551 e. The molecule has 2 aliphatic rings. The minimum absolute atomic E-state index is 0.276. The summed E-state index contributed by atoms with van der Waals surface area (Å²) in [7, 11) is 0. The number of hydrogen-bond donors (Lipinski definition) is 0. The van der Waals surface area contributed by atoms with Gasteiger partial charge in [0.15, 0.2) is 0 Å². The summed E-state index contributed by atoms with van der Waals surface area (Å²) in [6.07, 6.45) is 0. The minimum Gasteiger partial charge on any atom is -0.551 e. The van der Waals surface area contributed by atoms with Gasteiger partial charge in [-0.3, -0.25) is 0 Å². The predicted octanol–water partition coefficient (Wildman–Crippen LogP) is 11.6. The van der Waals surface area contributed by atoms with Crippen molar-refractivity contribution in [2.75, 3.05) is 14.7 Å². The first-order valence-electron chi connectivity index (χ1n) is 18.1. The van der Waals surface area contributed by atoms with Crippen molar-refractivity contribution in [3.05, 3.63) is 206 Å². The summed E-state index contributed by atoms with van der Waals surface area (Å²) < 4.78 is 6.99. The van der Waals surface area contributed by atoms with E-state index in [2.05, 4.69) is 221 Å². The van der Waals surface area contributed by atoms with E-state index in [0.717, 1.165) is 68.0 Å². The van der Waals surface area contributed by atoms with Crippen molar-refractivity contribution in [3.8, 4) is 16.9 Å². The van der Waals surface area contributed by atoms with Crippen LogP contribution in [0.25, 0.3) is 11.1 Å². The second-order valence-electron chi connectivity index (χ2n) is 13.3. The standard InChI is InChI=1S/C48H34BN3O/c1-5-16-35(17-6-1)50(36-18-7-2-8-19-36)39-28-30-40(31-29-39)52-45-33-32-41(51(37-20-9-3-10-21-37)38-22-11-4-12-23-38)34-44(45)49-48-43(25-15-26-46(48)52)42-24-13-14-27-47(42)53-49/h1-34H. The molecule has 0 bridgehead atoms. The lowest BCUT2D eigenvalue weighted by molar-refractivity contribution is 0.590. The van der Waals surface area contributed by atoms with Crippen LogP contribution in [0.4, 0.5) is 51.2 Å². The van der Waals surface area contributed by atoms with Crippen LogP contribution in [0.3, 0.4) is 0 Å². The highest BCUT2D eigenvalue weighted by Gasteiger charge is 2.42. The van der Waals surface area contributed by atoms with Crippen LogP contribution >= 0.6 is 0 Å². The van der Waals surface area contributed by atoms with Gasteiger partial charge in [-0.2, -0.15) is 0 Å². The van der Waals surface area contributed by atoms with Gasteiger partial charge in [-0.1, -0.05) is 103 Å². The van der Waals surface area contributed by atoms with Crippen molar-refractivity contribution in [2.45, 2.75) is 0 Å². The Hall–Kier alpha value is -6.98. The van der Waals surface area contributed by atoms with Crippen LogP contribution in [0.5, 0.6) is 5.75 Å². The Morgan fingerprint density at radius 1 is 0.377 bits per heavy atom. The number of benzene rings is 8. The van der Waals surface area contributed by atoms with Crippen LogP contribution in [0.1, 0.15) is 0 Å². The predicted molar refractivity (Wildman–Crippen MR) is 222 cm³/mol. The second-order valence-corrected chi connectivity index (χ2v) is 13.3. The van der Waals surface area contributed by atoms with Gasteiger partial charge in [0.05, 0.1) is 0 Å². The number of hydrogen-bond acceptors (Lipinski definition) is 4. The van der Waals surface area contributed by atoms with Crippen molar-refractivity contribution >= 4 is 69.0 Å². The molecule has 0 saturated carbocycles. The Kier molecular flexibility index (Phi) is 7.54. The van der Waals surface area contributed by atoms with Crippen LogP contribution in [0.2, 0.25) is 0 Å². The second kappa shape index (κ2) is 13.0. The van der Waals surface area contributed by atoms with Crippen LogP contribution in [-0.2, 0) is 0 Å². The Balaban J connectivity index is 1.15. The highest BCUT2D eigenvalue weighted by atomic mass is 16.4. The van der Waals surface area contributed by atoms with Crippen LogP contribution in [-0.4, -0.2) is 6.92 Å². The number of fused-ring (bicyclic) bond motifs is 4. The van der Waals surface area contributed by atoms with Crippen molar-refractivity contribution in [1.29, 1.82) is 0 Å². The van der Waals surface area contributed by atoms with Crippen LogP contribution in [0.15, 0.2) is 206 Å². The molecular formula is C48H34BN3O. The quantitative estimate of drug-likeness (QED) is 0.156. The zero-order valence-corrected chi connectivity index (χ0v) is 29.0. The van der Waals surface area contributed by atoms with Crippen molar-refractivity contribution in [2.24, 2.45) is 0 Å². The van der Waals surface area contributed by atoms with Crippen molar-refractivity contribution < 1.29 is 4.65 Å². The summed E-state index contributed by atoms with van der Waals surface area (Å²) in [6, 6.07) is 73.0. The van der Waals surface area contributed by atoms with Gasteiger partial charge in [0.1, 0.15) is 5.75 Å². The maximum atomic E-state index is 6.99. The summed E-state index contributed by atoms with van der Waals surface area (Å²) in [5, 5.41) is 0. The Labute approximate surface area is 310 Å². The van der Waals surface area contributed by atoms with E-state index < -0.39 is 0 Å². The maximum Gasteiger partial charge on any atom is 0.431 e. The number of rotatable bonds is 7. The third-order valence-corrected chi connectivity index (χ3v) is 10.2. The van der Waals surface area contributed by atoms with E-state index in [1.54, 1.807) is 0 Å². The molecule has 4 nitrogen and oxygen atoms in total. The van der Waals surface area contributed by atoms with E-state index in [1.165, 1.54) is 11.0 Å². The molecule has 0 radical (unpaired) electrons. The lowest BCUT2D eigenvalue weighted by Crippen LogP contribution is -2.56. The summed E-state index contributed by atoms with van der Waals surface area (Å²) in [4.78, 5) is 7.02. The highest BCUT2D eigenvalue weighted by Crippen LogP contribution is 2.45. The van der Waals surface area contributed by atoms with E-state index in [9.17, 15) is 0 Å². The zero-order chi connectivity index (χ0) is 35.1. The monoisotopic (exact) mass is 679 g/mol. The molecule has 0 unspecified atom stereocenters. The lowest BCUT2D eigenvalue weighted by atomic mass is 9.49. The summed E-state index contributed by atoms with van der Waals surface area (Å²) >= 11 is 0. The zero-order valence-electron chi connectivity index (χ0n) is 29.0. The molecule has 5 heteroatoms. The van der Waals surface area contributed by atoms with Gasteiger partial charge < -0.3 is 19.4 Å². The average molecular weight is 680 g/mol. The average Bonchev–Trinajstić information content (AvgIpc) is 3.23. The minimum atomic E-state index is -0.276. The van der Waals surface area contributed by atoms with Crippen LogP contribution < -0.4 is 30.3 Å². The van der Waals surface area contributed by atoms with E-state index in [-0.39, 0.29) is 6.92 Å². The van der Waals surface area contributed by atoms with Gasteiger partial charge in [-0.25, -0.2) is 0 Å². The van der Waals surface area contributed by atoms with Gasteiger partial charge in [0.25, 0.3) is 0 Å². The number of para-hydroxylation sites is 5. The van der Waals surface area contributed by atoms with Crippen molar-refractivity contribution in [1.82, 2.24) is 0 Å². The Morgan fingerprint density at radius 3 is 1.43 bits per heavy atom. The first-order valence-corrected chi connectivity index (χ1v) is 18.1. The fraction of sp³-hybridized carbons (Fsp3) is 0. The van der Waals surface area contributed by atoms with E-state index in [4.69, 9.17) is 4.65 Å². The van der Waals surface area contributed by atoms with Gasteiger partial charge in [0.2, 0.25) is 0 Å². The molecule has 0 atom stereocenters. The molecule has 250 valence electrons. The molecule has 0 N–H and O–H groups in total. The normalized spacial score (nSPS) is 12.2. The third kappa shape index (κ3) is 5.33. The van der Waals surface area contributed by atoms with Gasteiger partial charge in [-0.05, 0) is 114 Å². The fourth-order valence-corrected chi connectivity index (χ4v) is 7.91. The lowest BCUT2D eigenvalue weighted by Gasteiger charge is -2.40. The molecule has 8 aromatic carbocycles.